The van der Waals surface area contributed by atoms with Crippen molar-refractivity contribution >= 4 is 56.4 Å². The van der Waals surface area contributed by atoms with Crippen LogP contribution < -0.4 is 9.64 Å². The molecule has 0 saturated carbocycles. The van der Waals surface area contributed by atoms with Gasteiger partial charge in [-0.25, -0.2) is 12.7 Å². The van der Waals surface area contributed by atoms with Gasteiger partial charge in [0.25, 0.3) is 9.70 Å². The Morgan fingerprint density at radius 1 is 1.06 bits per heavy atom. The van der Waals surface area contributed by atoms with Crippen molar-refractivity contribution in [3.8, 4) is 5.75 Å². The summed E-state index contributed by atoms with van der Waals surface area (Å²) in [6.45, 7) is 1.91. The van der Waals surface area contributed by atoms with Crippen LogP contribution in [0.15, 0.2) is 53.4 Å². The second kappa shape index (κ2) is 10.7. The molecule has 0 N–H and O–H groups in total. The molecule has 1 heterocycles. The summed E-state index contributed by atoms with van der Waals surface area (Å²) in [6, 6.07) is 14.5. The molecule has 0 bridgehead atoms. The van der Waals surface area contributed by atoms with Gasteiger partial charge in [-0.3, -0.25) is 4.79 Å². The Labute approximate surface area is 209 Å². The van der Waals surface area contributed by atoms with Crippen LogP contribution in [0.4, 0.5) is 5.69 Å². The number of rotatable bonds is 7. The van der Waals surface area contributed by atoms with Gasteiger partial charge in [0.1, 0.15) is 5.75 Å². The molecular weight excluding hydrogens is 509 g/mol. The number of hydrogen-bond donors (Lipinski definition) is 0. The van der Waals surface area contributed by atoms with Crippen LogP contribution in [0, 0.1) is 0 Å². The SMILES string of the molecule is COc1ccc(S(=O)(=O)N(C)CCc2ccccc2)cc1N1CCN(C(=O)C(Cl)(Cl)Cl)CC1. The van der Waals surface area contributed by atoms with E-state index in [1.165, 1.54) is 16.3 Å². The molecule has 2 aromatic carbocycles. The van der Waals surface area contributed by atoms with Gasteiger partial charge in [0.05, 0.1) is 17.7 Å². The maximum atomic E-state index is 13.2. The number of likely N-dealkylation sites (N-methyl/N-ethyl adjacent to an activating group) is 1. The summed E-state index contributed by atoms with van der Waals surface area (Å²) in [6.07, 6.45) is 0.610. The number of piperazine rings is 1. The number of benzene rings is 2. The maximum absolute atomic E-state index is 13.2. The summed E-state index contributed by atoms with van der Waals surface area (Å²) in [4.78, 5) is 15.8. The Bertz CT molecular complexity index is 1070. The summed E-state index contributed by atoms with van der Waals surface area (Å²) in [5.74, 6) is -0.0301. The van der Waals surface area contributed by atoms with Gasteiger partial charge in [-0.15, -0.1) is 0 Å². The van der Waals surface area contributed by atoms with Crippen LogP contribution >= 0.6 is 34.8 Å². The van der Waals surface area contributed by atoms with Gasteiger partial charge in [-0.05, 0) is 30.2 Å². The molecule has 33 heavy (non-hydrogen) atoms. The molecule has 1 amide bonds. The molecule has 3 rings (SSSR count). The van der Waals surface area contributed by atoms with Crippen molar-refractivity contribution in [1.82, 2.24) is 9.21 Å². The summed E-state index contributed by atoms with van der Waals surface area (Å²) in [7, 11) is -0.603. The number of alkyl halides is 3. The van der Waals surface area contributed by atoms with E-state index in [0.29, 0.717) is 50.6 Å². The second-order valence-corrected chi connectivity index (χ2v) is 12.0. The van der Waals surface area contributed by atoms with Gasteiger partial charge in [0, 0.05) is 39.8 Å². The van der Waals surface area contributed by atoms with Crippen LogP contribution in [0.5, 0.6) is 5.75 Å². The van der Waals surface area contributed by atoms with Crippen molar-refractivity contribution < 1.29 is 17.9 Å². The molecule has 11 heteroatoms. The number of carbonyl (C=O) groups is 1. The van der Waals surface area contributed by atoms with Crippen LogP contribution in [0.2, 0.25) is 0 Å². The fourth-order valence-electron chi connectivity index (χ4n) is 3.64. The quantitative estimate of drug-likeness (QED) is 0.508. The molecule has 7 nitrogen and oxygen atoms in total. The second-order valence-electron chi connectivity index (χ2n) is 7.67. The third-order valence-corrected chi connectivity index (χ3v) is 7.90. The number of sulfonamides is 1. The van der Waals surface area contributed by atoms with Gasteiger partial charge in [0.15, 0.2) is 0 Å². The predicted molar refractivity (Wildman–Crippen MR) is 132 cm³/mol. The topological polar surface area (TPSA) is 70.2 Å². The largest absolute Gasteiger partial charge is 0.495 e. The Morgan fingerprint density at radius 2 is 1.70 bits per heavy atom. The first-order valence-corrected chi connectivity index (χ1v) is 12.9. The molecule has 1 aliphatic rings. The Morgan fingerprint density at radius 3 is 2.27 bits per heavy atom. The van der Waals surface area contributed by atoms with Crippen LogP contribution in [-0.4, -0.2) is 74.2 Å². The normalized spacial score (nSPS) is 15.1. The van der Waals surface area contributed by atoms with Gasteiger partial charge in [0.2, 0.25) is 10.0 Å². The number of hydrogen-bond acceptors (Lipinski definition) is 5. The van der Waals surface area contributed by atoms with Crippen LogP contribution in [-0.2, 0) is 21.2 Å². The molecule has 0 unspecified atom stereocenters. The first-order chi connectivity index (χ1) is 15.5. The summed E-state index contributed by atoms with van der Waals surface area (Å²) >= 11 is 17.2. The van der Waals surface area contributed by atoms with Gasteiger partial charge >= 0.3 is 0 Å². The molecule has 180 valence electrons. The Hall–Kier alpha value is -1.71. The van der Waals surface area contributed by atoms with Crippen molar-refractivity contribution in [3.63, 3.8) is 0 Å². The highest BCUT2D eigenvalue weighted by Crippen LogP contribution is 2.34. The Balaban J connectivity index is 1.76. The van der Waals surface area contributed by atoms with E-state index < -0.39 is 19.7 Å². The van der Waals surface area contributed by atoms with Crippen LogP contribution in [0.3, 0.4) is 0 Å². The first kappa shape index (κ1) is 25.9. The first-order valence-electron chi connectivity index (χ1n) is 10.3. The van der Waals surface area contributed by atoms with E-state index in [4.69, 9.17) is 39.5 Å². The number of ether oxygens (including phenoxy) is 1. The number of halogens is 3. The highest BCUT2D eigenvalue weighted by molar-refractivity contribution is 7.89. The fraction of sp³-hybridized carbons (Fsp3) is 0.409. The number of methoxy groups -OCH3 is 1. The average molecular weight is 535 g/mol. The lowest BCUT2D eigenvalue weighted by atomic mass is 10.2. The van der Waals surface area contributed by atoms with E-state index in [-0.39, 0.29) is 4.90 Å². The summed E-state index contributed by atoms with van der Waals surface area (Å²) in [5.41, 5.74) is 1.70. The lowest BCUT2D eigenvalue weighted by molar-refractivity contribution is -0.130. The Kier molecular flexibility index (Phi) is 8.40. The van der Waals surface area contributed by atoms with E-state index in [2.05, 4.69) is 0 Å². The van der Waals surface area contributed by atoms with Crippen molar-refractivity contribution in [2.75, 3.05) is 51.8 Å². The summed E-state index contributed by atoms with van der Waals surface area (Å²) < 4.78 is 31.2. The van der Waals surface area contributed by atoms with Crippen molar-refractivity contribution in [1.29, 1.82) is 0 Å². The standard InChI is InChI=1S/C22H26Cl3N3O4S/c1-26(11-10-17-6-4-3-5-7-17)33(30,31)18-8-9-20(32-2)19(16-18)27-12-14-28(15-13-27)21(29)22(23,24)25/h3-9,16H,10-15H2,1-2H3. The monoisotopic (exact) mass is 533 g/mol. The number of nitrogens with zero attached hydrogens (tertiary/aromatic N) is 3. The lowest BCUT2D eigenvalue weighted by Crippen LogP contribution is -2.51. The zero-order valence-corrected chi connectivity index (χ0v) is 21.5. The minimum absolute atomic E-state index is 0.175. The fourth-order valence-corrected chi connectivity index (χ4v) is 5.19. The molecule has 0 spiro atoms. The minimum atomic E-state index is -3.70. The molecule has 2 aromatic rings. The van der Waals surface area contributed by atoms with Gasteiger partial charge in [-0.1, -0.05) is 65.1 Å². The molecule has 0 atom stereocenters. The third-order valence-electron chi connectivity index (χ3n) is 5.57. The molecule has 0 aliphatic carbocycles. The molecular formula is C22H26Cl3N3O4S. The summed E-state index contributed by atoms with van der Waals surface area (Å²) in [5, 5.41) is 0. The zero-order valence-electron chi connectivity index (χ0n) is 18.4. The smallest absolute Gasteiger partial charge is 0.274 e. The number of anilines is 1. The van der Waals surface area contributed by atoms with Gasteiger partial charge < -0.3 is 14.5 Å². The van der Waals surface area contributed by atoms with E-state index >= 15 is 0 Å². The van der Waals surface area contributed by atoms with E-state index in [9.17, 15) is 13.2 Å². The molecule has 1 saturated heterocycles. The van der Waals surface area contributed by atoms with E-state index in [1.54, 1.807) is 25.2 Å². The van der Waals surface area contributed by atoms with Crippen LogP contribution in [0.25, 0.3) is 0 Å². The van der Waals surface area contributed by atoms with E-state index in [1.807, 2.05) is 35.2 Å². The van der Waals surface area contributed by atoms with E-state index in [0.717, 1.165) is 5.56 Å². The number of amides is 1. The van der Waals surface area contributed by atoms with Gasteiger partial charge in [-0.2, -0.15) is 0 Å². The average Bonchev–Trinajstić information content (AvgIpc) is 2.81. The van der Waals surface area contributed by atoms with Crippen molar-refractivity contribution in [3.05, 3.63) is 54.1 Å². The maximum Gasteiger partial charge on any atom is 0.274 e. The molecule has 1 aliphatic heterocycles. The number of carbonyl (C=O) groups excluding carboxylic acids is 1. The highest BCUT2D eigenvalue weighted by atomic mass is 35.6. The molecule has 1 fully saturated rings. The zero-order chi connectivity index (χ0) is 24.2. The predicted octanol–water partition coefficient (Wildman–Crippen LogP) is 3.58. The molecule has 0 aromatic heterocycles. The minimum Gasteiger partial charge on any atom is -0.495 e. The van der Waals surface area contributed by atoms with Crippen LogP contribution in [0.1, 0.15) is 5.56 Å². The lowest BCUT2D eigenvalue weighted by Gasteiger charge is -2.37. The van der Waals surface area contributed by atoms with Crippen molar-refractivity contribution in [2.24, 2.45) is 0 Å². The molecule has 0 radical (unpaired) electrons. The van der Waals surface area contributed by atoms with Crippen molar-refractivity contribution in [2.45, 2.75) is 15.1 Å². The third kappa shape index (κ3) is 6.25. The highest BCUT2D eigenvalue weighted by Gasteiger charge is 2.37.